The summed E-state index contributed by atoms with van der Waals surface area (Å²) < 4.78 is 5.30. The Kier molecular flexibility index (Phi) is 4.17. The smallest absolute Gasteiger partial charge is 0.353 e. The maximum absolute atomic E-state index is 12.2. The molecule has 1 aromatic heterocycles. The molecular weight excluding hydrogens is 366 g/mol. The number of rotatable bonds is 3. The van der Waals surface area contributed by atoms with Gasteiger partial charge in [-0.25, -0.2) is 4.79 Å². The molecule has 0 saturated carbocycles. The van der Waals surface area contributed by atoms with Crippen LogP contribution in [0, 0.1) is 5.41 Å². The average Bonchev–Trinajstić information content (AvgIpc) is 3.29. The van der Waals surface area contributed by atoms with Crippen LogP contribution < -0.4 is 4.74 Å². The fourth-order valence-electron chi connectivity index (χ4n) is 2.55. The van der Waals surface area contributed by atoms with E-state index in [0.717, 1.165) is 0 Å². The lowest BCUT2D eigenvalue weighted by Crippen LogP contribution is -2.38. The van der Waals surface area contributed by atoms with Crippen LogP contribution in [-0.4, -0.2) is 28.6 Å². The monoisotopic (exact) mass is 379 g/mol. The molecule has 3 heterocycles. The van der Waals surface area contributed by atoms with E-state index in [4.69, 9.17) is 15.0 Å². The average molecular weight is 379 g/mol. The van der Waals surface area contributed by atoms with Crippen LogP contribution in [0.4, 0.5) is 0 Å². The summed E-state index contributed by atoms with van der Waals surface area (Å²) in [4.78, 5) is 34.0. The zero-order chi connectivity index (χ0) is 19.0. The summed E-state index contributed by atoms with van der Waals surface area (Å²) in [5.74, 6) is 0.250. The van der Waals surface area contributed by atoms with Crippen LogP contribution in [0.5, 0.6) is 5.75 Å². The van der Waals surface area contributed by atoms with Crippen molar-refractivity contribution in [3.05, 3.63) is 69.6 Å². The summed E-state index contributed by atoms with van der Waals surface area (Å²) in [6, 6.07) is 10.1. The van der Waals surface area contributed by atoms with E-state index < -0.39 is 11.9 Å². The molecule has 7 nitrogen and oxygen atoms in total. The second kappa shape index (κ2) is 6.65. The number of hydrogen-bond acceptors (Lipinski definition) is 6. The molecule has 2 aliphatic heterocycles. The molecule has 1 N–H and O–H groups in total. The van der Waals surface area contributed by atoms with Crippen LogP contribution in [0.1, 0.15) is 22.2 Å². The first kappa shape index (κ1) is 16.9. The normalized spacial score (nSPS) is 17.4. The second-order valence-electron chi connectivity index (χ2n) is 5.76. The second-order valence-corrected chi connectivity index (χ2v) is 6.71. The number of carbonyl (C=O) groups is 2. The Morgan fingerprint density at radius 3 is 2.78 bits per heavy atom. The summed E-state index contributed by atoms with van der Waals surface area (Å²) in [7, 11) is 0. The van der Waals surface area contributed by atoms with Gasteiger partial charge in [0, 0.05) is 6.08 Å². The van der Waals surface area contributed by atoms with E-state index in [2.05, 4.69) is 4.99 Å². The Balaban J connectivity index is 1.52. The molecule has 0 atom stereocenters. The number of esters is 1. The van der Waals surface area contributed by atoms with Gasteiger partial charge in [-0.3, -0.25) is 10.2 Å². The van der Waals surface area contributed by atoms with Crippen molar-refractivity contribution in [2.45, 2.75) is 6.92 Å². The van der Waals surface area contributed by atoms with E-state index in [1.165, 1.54) is 16.4 Å². The van der Waals surface area contributed by atoms with Crippen LogP contribution in [0.3, 0.4) is 0 Å². The van der Waals surface area contributed by atoms with Gasteiger partial charge in [0.1, 0.15) is 16.4 Å². The Labute approximate surface area is 158 Å². The molecular formula is C19H13N3O4S. The molecule has 134 valence electrons. The van der Waals surface area contributed by atoms with E-state index in [9.17, 15) is 9.59 Å². The largest absolute Gasteiger partial charge is 0.422 e. The highest BCUT2D eigenvalue weighted by atomic mass is 32.1. The zero-order valence-corrected chi connectivity index (χ0v) is 14.9. The lowest BCUT2D eigenvalue weighted by Gasteiger charge is -2.22. The third-order valence-corrected chi connectivity index (χ3v) is 4.65. The van der Waals surface area contributed by atoms with Gasteiger partial charge in [0.15, 0.2) is 11.7 Å². The molecule has 0 unspecified atom stereocenters. The number of amidine groups is 2. The molecule has 1 aromatic carbocycles. The van der Waals surface area contributed by atoms with Gasteiger partial charge in [0.25, 0.3) is 5.91 Å². The number of amides is 1. The number of thiophene rings is 1. The van der Waals surface area contributed by atoms with Gasteiger partial charge in [0.05, 0.1) is 5.57 Å². The predicted octanol–water partition coefficient (Wildman–Crippen LogP) is 3.42. The van der Waals surface area contributed by atoms with Gasteiger partial charge in [0.2, 0.25) is 0 Å². The molecule has 27 heavy (non-hydrogen) atoms. The number of hydroxylamine groups is 2. The Hall–Kier alpha value is -3.52. The third kappa shape index (κ3) is 3.30. The standard InChI is InChI=1S/C19H13N3O4S/c1-11-9-16-21-18(23)14(17(20)22(16)26-11)10-12-4-6-13(7-5-12)25-19(24)15-3-2-8-27-15/h2-10,20H,1H3/b14-10-,20-17?. The van der Waals surface area contributed by atoms with E-state index in [1.807, 2.05) is 0 Å². The molecule has 0 fully saturated rings. The number of carbonyl (C=O) groups excluding carboxylic acids is 2. The van der Waals surface area contributed by atoms with Crippen LogP contribution >= 0.6 is 11.3 Å². The minimum absolute atomic E-state index is 0.0775. The minimum atomic E-state index is -0.506. The molecule has 4 rings (SSSR count). The first-order valence-corrected chi connectivity index (χ1v) is 8.85. The number of fused-ring (bicyclic) bond motifs is 1. The highest BCUT2D eigenvalue weighted by molar-refractivity contribution is 7.12. The fourth-order valence-corrected chi connectivity index (χ4v) is 3.15. The topological polar surface area (TPSA) is 92.0 Å². The number of hydrogen-bond donors (Lipinski definition) is 1. The fraction of sp³-hybridized carbons (Fsp3) is 0.0526. The van der Waals surface area contributed by atoms with Gasteiger partial charge >= 0.3 is 5.97 Å². The van der Waals surface area contributed by atoms with E-state index in [-0.39, 0.29) is 11.4 Å². The number of nitrogens with one attached hydrogen (secondary N) is 1. The lowest BCUT2D eigenvalue weighted by atomic mass is 10.1. The highest BCUT2D eigenvalue weighted by Crippen LogP contribution is 2.24. The summed E-state index contributed by atoms with van der Waals surface area (Å²) in [6.07, 6.45) is 3.15. The summed E-state index contributed by atoms with van der Waals surface area (Å²) in [5, 5.41) is 11.2. The van der Waals surface area contributed by atoms with Crippen LogP contribution in [0.25, 0.3) is 6.08 Å². The number of nitrogens with zero attached hydrogens (tertiary/aromatic N) is 2. The van der Waals surface area contributed by atoms with Crippen molar-refractivity contribution in [3.8, 4) is 5.75 Å². The number of aliphatic imine (C=N–C) groups is 1. The third-order valence-electron chi connectivity index (χ3n) is 3.80. The number of allylic oxidation sites excluding steroid dienone is 1. The quantitative estimate of drug-likeness (QED) is 0.501. The molecule has 0 radical (unpaired) electrons. The highest BCUT2D eigenvalue weighted by Gasteiger charge is 2.34. The first-order chi connectivity index (χ1) is 13.0. The van der Waals surface area contributed by atoms with Gasteiger partial charge in [-0.15, -0.1) is 16.4 Å². The van der Waals surface area contributed by atoms with E-state index >= 15 is 0 Å². The minimum Gasteiger partial charge on any atom is -0.422 e. The van der Waals surface area contributed by atoms with Gasteiger partial charge in [-0.05, 0) is 42.1 Å². The molecule has 1 amide bonds. The molecule has 0 spiro atoms. The van der Waals surface area contributed by atoms with Crippen molar-refractivity contribution in [1.82, 2.24) is 5.06 Å². The number of benzene rings is 1. The Morgan fingerprint density at radius 1 is 1.30 bits per heavy atom. The molecule has 0 bridgehead atoms. The zero-order valence-electron chi connectivity index (χ0n) is 14.1. The van der Waals surface area contributed by atoms with Gasteiger partial charge in [-0.1, -0.05) is 18.2 Å². The van der Waals surface area contributed by atoms with Crippen molar-refractivity contribution in [1.29, 1.82) is 5.41 Å². The van der Waals surface area contributed by atoms with Crippen molar-refractivity contribution in [3.63, 3.8) is 0 Å². The Bertz CT molecular complexity index is 1030. The SMILES string of the molecule is CC1=CC2=NC(=O)/C(=C\c3ccc(OC(=O)c4cccs4)cc3)C(=N)N2O1. The van der Waals surface area contributed by atoms with Crippen molar-refractivity contribution in [2.75, 3.05) is 0 Å². The Morgan fingerprint density at radius 2 is 2.07 bits per heavy atom. The first-order valence-electron chi connectivity index (χ1n) is 7.97. The van der Waals surface area contributed by atoms with Crippen molar-refractivity contribution in [2.24, 2.45) is 4.99 Å². The van der Waals surface area contributed by atoms with Crippen LogP contribution in [0.2, 0.25) is 0 Å². The maximum Gasteiger partial charge on any atom is 0.353 e. The summed E-state index contributed by atoms with van der Waals surface area (Å²) in [6.45, 7) is 1.72. The molecule has 2 aromatic rings. The summed E-state index contributed by atoms with van der Waals surface area (Å²) in [5.41, 5.74) is 0.784. The van der Waals surface area contributed by atoms with Crippen LogP contribution in [-0.2, 0) is 9.63 Å². The maximum atomic E-state index is 12.2. The molecule has 2 aliphatic rings. The summed E-state index contributed by atoms with van der Waals surface area (Å²) >= 11 is 1.31. The van der Waals surface area contributed by atoms with E-state index in [0.29, 0.717) is 27.8 Å². The lowest BCUT2D eigenvalue weighted by molar-refractivity contribution is -0.114. The van der Waals surface area contributed by atoms with Crippen molar-refractivity contribution < 1.29 is 19.2 Å². The van der Waals surface area contributed by atoms with Crippen molar-refractivity contribution >= 4 is 41.0 Å². The number of ether oxygens (including phenoxy) is 1. The van der Waals surface area contributed by atoms with E-state index in [1.54, 1.807) is 60.9 Å². The molecule has 0 aliphatic carbocycles. The molecule has 8 heteroatoms. The van der Waals surface area contributed by atoms with Gasteiger partial charge in [-0.2, -0.15) is 4.99 Å². The van der Waals surface area contributed by atoms with Crippen LogP contribution in [0.15, 0.2) is 64.2 Å². The predicted molar refractivity (Wildman–Crippen MR) is 101 cm³/mol. The van der Waals surface area contributed by atoms with Gasteiger partial charge < -0.3 is 9.57 Å². The molecule has 0 saturated heterocycles.